The molecule has 0 aromatic carbocycles. The fourth-order valence-corrected chi connectivity index (χ4v) is 1.01. The Kier molecular flexibility index (Phi) is 6.98. The molecule has 0 aromatic heterocycles. The van der Waals surface area contributed by atoms with Gasteiger partial charge in [-0.05, 0) is 6.58 Å². The maximum absolute atomic E-state index is 5.25. The Morgan fingerprint density at radius 3 is 1.33 bits per heavy atom. The molecule has 0 aromatic rings. The van der Waals surface area contributed by atoms with Crippen molar-refractivity contribution in [1.29, 1.82) is 0 Å². The highest BCUT2D eigenvalue weighted by Gasteiger charge is 1.98. The van der Waals surface area contributed by atoms with Gasteiger partial charge in [-0.15, -0.1) is 0 Å². The molecule has 0 aliphatic carbocycles. The first kappa shape index (κ1) is 12.3. The van der Waals surface area contributed by atoms with Crippen LogP contribution in [0.2, 0.25) is 0 Å². The van der Waals surface area contributed by atoms with Crippen LogP contribution in [0.25, 0.3) is 0 Å². The molecule has 0 atom stereocenters. The SMILES string of the molecule is C=C1OCCOCCOCCOCCO1. The zero-order chi connectivity index (χ0) is 10.8. The minimum atomic E-state index is 0.315. The van der Waals surface area contributed by atoms with Gasteiger partial charge in [0, 0.05) is 0 Å². The molecule has 0 radical (unpaired) electrons. The third-order valence-electron chi connectivity index (χ3n) is 1.73. The molecule has 0 saturated carbocycles. The van der Waals surface area contributed by atoms with Gasteiger partial charge in [0.2, 0.25) is 0 Å². The normalized spacial score (nSPS) is 22.3. The molecular formula is C10H18O5. The van der Waals surface area contributed by atoms with E-state index in [0.717, 1.165) is 0 Å². The van der Waals surface area contributed by atoms with Crippen molar-refractivity contribution in [1.82, 2.24) is 0 Å². The number of ether oxygens (including phenoxy) is 5. The Bertz CT molecular complexity index is 155. The third-order valence-corrected chi connectivity index (χ3v) is 1.73. The molecule has 1 saturated heterocycles. The largest absolute Gasteiger partial charge is 0.463 e. The zero-order valence-corrected chi connectivity index (χ0v) is 8.91. The van der Waals surface area contributed by atoms with Crippen LogP contribution in [0.3, 0.4) is 0 Å². The van der Waals surface area contributed by atoms with Crippen LogP contribution in [0, 0.1) is 0 Å². The molecule has 15 heavy (non-hydrogen) atoms. The predicted octanol–water partition coefficient (Wildman–Crippen LogP) is 0.554. The van der Waals surface area contributed by atoms with E-state index >= 15 is 0 Å². The number of hydrogen-bond donors (Lipinski definition) is 0. The molecule has 0 spiro atoms. The highest BCUT2D eigenvalue weighted by Crippen LogP contribution is 1.96. The lowest BCUT2D eigenvalue weighted by Crippen LogP contribution is -2.15. The van der Waals surface area contributed by atoms with Gasteiger partial charge < -0.3 is 23.7 Å². The Morgan fingerprint density at radius 1 is 0.600 bits per heavy atom. The molecule has 88 valence electrons. The Hall–Kier alpha value is -0.780. The minimum absolute atomic E-state index is 0.315. The molecule has 1 heterocycles. The summed E-state index contributed by atoms with van der Waals surface area (Å²) in [6.07, 6.45) is 0. The molecule has 0 N–H and O–H groups in total. The van der Waals surface area contributed by atoms with Crippen molar-refractivity contribution in [3.05, 3.63) is 12.5 Å². The quantitative estimate of drug-likeness (QED) is 0.594. The molecule has 1 aliphatic heterocycles. The van der Waals surface area contributed by atoms with Crippen molar-refractivity contribution in [3.8, 4) is 0 Å². The van der Waals surface area contributed by atoms with Crippen LogP contribution < -0.4 is 0 Å². The molecule has 1 fully saturated rings. The summed E-state index contributed by atoms with van der Waals surface area (Å²) in [5.74, 6) is 0.315. The standard InChI is InChI=1S/C10H18O5/c1-10-14-8-6-12-4-2-11-3-5-13-7-9-15-10/h1-9H2. The van der Waals surface area contributed by atoms with E-state index < -0.39 is 0 Å². The Balaban J connectivity index is 2.13. The highest BCUT2D eigenvalue weighted by atomic mass is 16.7. The van der Waals surface area contributed by atoms with Crippen LogP contribution in [-0.2, 0) is 23.7 Å². The van der Waals surface area contributed by atoms with Crippen LogP contribution in [0.15, 0.2) is 12.5 Å². The van der Waals surface area contributed by atoms with Gasteiger partial charge in [-0.3, -0.25) is 0 Å². The summed E-state index contributed by atoms with van der Waals surface area (Å²) in [5.41, 5.74) is 0. The maximum atomic E-state index is 5.25. The van der Waals surface area contributed by atoms with Gasteiger partial charge >= 0.3 is 0 Å². The summed E-state index contributed by atoms with van der Waals surface area (Å²) in [6, 6.07) is 0. The second-order valence-electron chi connectivity index (χ2n) is 2.91. The lowest BCUT2D eigenvalue weighted by Gasteiger charge is -2.12. The summed E-state index contributed by atoms with van der Waals surface area (Å²) >= 11 is 0. The highest BCUT2D eigenvalue weighted by molar-refractivity contribution is 4.67. The minimum Gasteiger partial charge on any atom is -0.463 e. The first-order chi connectivity index (χ1) is 7.39. The van der Waals surface area contributed by atoms with Gasteiger partial charge in [0.25, 0.3) is 5.95 Å². The lowest BCUT2D eigenvalue weighted by atomic mass is 10.7. The van der Waals surface area contributed by atoms with Gasteiger partial charge in [0.15, 0.2) is 0 Å². The molecule has 0 amide bonds. The van der Waals surface area contributed by atoms with E-state index in [9.17, 15) is 0 Å². The number of rotatable bonds is 0. The first-order valence-electron chi connectivity index (χ1n) is 5.07. The molecular weight excluding hydrogens is 200 g/mol. The average Bonchev–Trinajstić information content (AvgIpc) is 2.24. The second-order valence-corrected chi connectivity index (χ2v) is 2.91. The monoisotopic (exact) mass is 218 g/mol. The summed E-state index contributed by atoms with van der Waals surface area (Å²) in [5, 5.41) is 0. The Morgan fingerprint density at radius 2 is 0.933 bits per heavy atom. The van der Waals surface area contributed by atoms with E-state index in [0.29, 0.717) is 58.8 Å². The fraction of sp³-hybridized carbons (Fsp3) is 0.800. The Labute approximate surface area is 89.9 Å². The van der Waals surface area contributed by atoms with Crippen molar-refractivity contribution >= 4 is 0 Å². The predicted molar refractivity (Wildman–Crippen MR) is 53.5 cm³/mol. The number of hydrogen-bond acceptors (Lipinski definition) is 5. The molecule has 5 nitrogen and oxygen atoms in total. The summed E-state index contributed by atoms with van der Waals surface area (Å²) in [7, 11) is 0. The van der Waals surface area contributed by atoms with Gasteiger partial charge in [-0.1, -0.05) is 0 Å². The van der Waals surface area contributed by atoms with E-state index in [4.69, 9.17) is 23.7 Å². The van der Waals surface area contributed by atoms with Gasteiger partial charge in [-0.25, -0.2) is 0 Å². The van der Waals surface area contributed by atoms with Crippen molar-refractivity contribution < 1.29 is 23.7 Å². The van der Waals surface area contributed by atoms with E-state index in [2.05, 4.69) is 6.58 Å². The van der Waals surface area contributed by atoms with E-state index in [1.165, 1.54) is 0 Å². The third kappa shape index (κ3) is 7.18. The van der Waals surface area contributed by atoms with Gasteiger partial charge in [-0.2, -0.15) is 0 Å². The van der Waals surface area contributed by atoms with E-state index in [-0.39, 0.29) is 0 Å². The summed E-state index contributed by atoms with van der Waals surface area (Å²) in [4.78, 5) is 0. The van der Waals surface area contributed by atoms with Gasteiger partial charge in [0.05, 0.1) is 39.6 Å². The van der Waals surface area contributed by atoms with Crippen LogP contribution in [0.1, 0.15) is 0 Å². The van der Waals surface area contributed by atoms with Crippen LogP contribution in [-0.4, -0.2) is 52.9 Å². The molecule has 1 rings (SSSR count). The van der Waals surface area contributed by atoms with Crippen molar-refractivity contribution in [3.63, 3.8) is 0 Å². The molecule has 5 heteroatoms. The summed E-state index contributed by atoms with van der Waals surface area (Å²) < 4.78 is 26.0. The van der Waals surface area contributed by atoms with Crippen LogP contribution >= 0.6 is 0 Å². The topological polar surface area (TPSA) is 46.2 Å². The van der Waals surface area contributed by atoms with Crippen molar-refractivity contribution in [2.24, 2.45) is 0 Å². The van der Waals surface area contributed by atoms with Gasteiger partial charge in [0.1, 0.15) is 13.2 Å². The zero-order valence-electron chi connectivity index (χ0n) is 8.91. The molecule has 0 bridgehead atoms. The van der Waals surface area contributed by atoms with E-state index in [1.54, 1.807) is 0 Å². The first-order valence-corrected chi connectivity index (χ1v) is 5.07. The van der Waals surface area contributed by atoms with E-state index in [1.807, 2.05) is 0 Å². The summed E-state index contributed by atoms with van der Waals surface area (Å²) in [6.45, 7) is 7.82. The lowest BCUT2D eigenvalue weighted by molar-refractivity contribution is -0.0409. The maximum Gasteiger partial charge on any atom is 0.271 e. The fourth-order valence-electron chi connectivity index (χ4n) is 1.01. The van der Waals surface area contributed by atoms with Crippen molar-refractivity contribution in [2.75, 3.05) is 52.9 Å². The second kappa shape index (κ2) is 8.52. The van der Waals surface area contributed by atoms with Crippen molar-refractivity contribution in [2.45, 2.75) is 0 Å². The molecule has 0 unspecified atom stereocenters. The average molecular weight is 218 g/mol. The molecule has 1 aliphatic rings. The van der Waals surface area contributed by atoms with Crippen LogP contribution in [0.5, 0.6) is 0 Å². The smallest absolute Gasteiger partial charge is 0.271 e. The van der Waals surface area contributed by atoms with Crippen LogP contribution in [0.4, 0.5) is 0 Å².